The van der Waals surface area contributed by atoms with Crippen LogP contribution in [-0.2, 0) is 14.4 Å². The van der Waals surface area contributed by atoms with Gasteiger partial charge < -0.3 is 20.8 Å². The number of amides is 1. The largest absolute Gasteiger partial charge is 0.490 e. The summed E-state index contributed by atoms with van der Waals surface area (Å²) in [5.41, 5.74) is 3.90. The third-order valence-corrected chi connectivity index (χ3v) is 3.89. The number of halogens is 6. The molecule has 2 aromatic carbocycles. The van der Waals surface area contributed by atoms with Crippen molar-refractivity contribution in [1.29, 1.82) is 0 Å². The fourth-order valence-electron chi connectivity index (χ4n) is 2.23. The molecule has 1 amide bonds. The zero-order chi connectivity index (χ0) is 28.1. The lowest BCUT2D eigenvalue weighted by Gasteiger charge is -2.08. The van der Waals surface area contributed by atoms with Gasteiger partial charge in [0.25, 0.3) is 0 Å². The van der Waals surface area contributed by atoms with Crippen LogP contribution in [0.1, 0.15) is 0 Å². The van der Waals surface area contributed by atoms with Gasteiger partial charge in [0.2, 0.25) is 5.91 Å². The summed E-state index contributed by atoms with van der Waals surface area (Å²) in [6.45, 7) is 0.232. The van der Waals surface area contributed by atoms with Crippen LogP contribution in [0.3, 0.4) is 0 Å². The van der Waals surface area contributed by atoms with Crippen molar-refractivity contribution in [3.63, 3.8) is 0 Å². The molecule has 1 aromatic heterocycles. The number of anilines is 2. The number of rotatable bonds is 5. The Morgan fingerprint density at radius 2 is 1.11 bits per heavy atom. The van der Waals surface area contributed by atoms with Crippen molar-refractivity contribution in [2.75, 3.05) is 17.2 Å². The van der Waals surface area contributed by atoms with Gasteiger partial charge in [-0.1, -0.05) is 30.3 Å². The van der Waals surface area contributed by atoms with E-state index < -0.39 is 24.3 Å². The van der Waals surface area contributed by atoms with E-state index >= 15 is 0 Å². The number of hydrogen-bond acceptors (Lipinski definition) is 5. The van der Waals surface area contributed by atoms with Gasteiger partial charge in [-0.2, -0.15) is 26.3 Å². The Labute approximate surface area is 205 Å². The highest BCUT2D eigenvalue weighted by Gasteiger charge is 2.38. The number of carboxylic acids is 2. The van der Waals surface area contributed by atoms with E-state index in [0.29, 0.717) is 0 Å². The molecule has 0 bridgehead atoms. The minimum Gasteiger partial charge on any atom is -0.475 e. The Kier molecular flexibility index (Phi) is 11.6. The summed E-state index contributed by atoms with van der Waals surface area (Å²) in [4.78, 5) is 33.8. The lowest BCUT2D eigenvalue weighted by Crippen LogP contribution is -2.21. The van der Waals surface area contributed by atoms with Gasteiger partial charge in [0.05, 0.1) is 6.54 Å². The molecule has 0 atom stereocenters. The highest BCUT2D eigenvalue weighted by Crippen LogP contribution is 2.20. The zero-order valence-electron chi connectivity index (χ0n) is 18.5. The molecule has 4 N–H and O–H groups in total. The number of nitrogens with one attached hydrogen (secondary N) is 2. The molecule has 14 heteroatoms. The van der Waals surface area contributed by atoms with E-state index in [1.807, 2.05) is 66.7 Å². The fraction of sp³-hybridized carbons (Fsp3) is 0.130. The smallest absolute Gasteiger partial charge is 0.475 e. The lowest BCUT2D eigenvalue weighted by atomic mass is 10.1. The van der Waals surface area contributed by atoms with Gasteiger partial charge in [0.1, 0.15) is 0 Å². The summed E-state index contributed by atoms with van der Waals surface area (Å²) in [7, 11) is 0. The first-order chi connectivity index (χ1) is 17.2. The number of benzene rings is 2. The van der Waals surface area contributed by atoms with Crippen LogP contribution in [0.5, 0.6) is 0 Å². The minimum atomic E-state index is -5.08. The van der Waals surface area contributed by atoms with Crippen molar-refractivity contribution in [3.8, 4) is 11.1 Å². The maximum absolute atomic E-state index is 12.0. The summed E-state index contributed by atoms with van der Waals surface area (Å²) in [5, 5.41) is 20.2. The summed E-state index contributed by atoms with van der Waals surface area (Å²) in [6, 6.07) is 21.3. The summed E-state index contributed by atoms with van der Waals surface area (Å²) in [5.74, 6) is -5.59. The van der Waals surface area contributed by atoms with Gasteiger partial charge in [-0.25, -0.2) is 9.59 Å². The molecule has 0 spiro atoms. The molecule has 0 aliphatic carbocycles. The average Bonchev–Trinajstić information content (AvgIpc) is 2.84. The third-order valence-electron chi connectivity index (χ3n) is 3.89. The molecule has 0 unspecified atom stereocenters. The average molecular weight is 531 g/mol. The zero-order valence-corrected chi connectivity index (χ0v) is 18.5. The van der Waals surface area contributed by atoms with Gasteiger partial charge in [0, 0.05) is 23.8 Å². The molecule has 8 nitrogen and oxygen atoms in total. The summed E-state index contributed by atoms with van der Waals surface area (Å²) in [6.07, 6.45) is -6.64. The number of carboxylic acid groups (broad SMARTS) is 2. The van der Waals surface area contributed by atoms with E-state index in [9.17, 15) is 31.1 Å². The first-order valence-corrected chi connectivity index (χ1v) is 9.89. The number of carbonyl (C=O) groups is 3. The molecular formula is C23H19F6N3O5. The number of hydrogen-bond donors (Lipinski definition) is 4. The molecule has 3 rings (SSSR count). The topological polar surface area (TPSA) is 129 Å². The molecule has 198 valence electrons. The third kappa shape index (κ3) is 12.6. The Hall–Kier alpha value is -4.62. The Bertz CT molecular complexity index is 1120. The fourth-order valence-corrected chi connectivity index (χ4v) is 2.23. The van der Waals surface area contributed by atoms with Crippen molar-refractivity contribution in [2.24, 2.45) is 0 Å². The Balaban J connectivity index is 0.000000404. The van der Waals surface area contributed by atoms with Crippen LogP contribution in [-0.4, -0.2) is 51.9 Å². The molecule has 3 aromatic rings. The molecule has 37 heavy (non-hydrogen) atoms. The Morgan fingerprint density at radius 3 is 1.54 bits per heavy atom. The molecule has 0 aliphatic heterocycles. The monoisotopic (exact) mass is 531 g/mol. The number of alkyl halides is 6. The second-order valence-electron chi connectivity index (χ2n) is 6.69. The van der Waals surface area contributed by atoms with Crippen molar-refractivity contribution in [3.05, 3.63) is 79.1 Å². The molecule has 1 heterocycles. The molecular weight excluding hydrogens is 512 g/mol. The highest BCUT2D eigenvalue weighted by atomic mass is 19.4. The first kappa shape index (κ1) is 30.4. The second kappa shape index (κ2) is 14.1. The quantitative estimate of drug-likeness (QED) is 0.339. The molecule has 0 saturated heterocycles. The van der Waals surface area contributed by atoms with Crippen LogP contribution in [0.4, 0.5) is 37.7 Å². The van der Waals surface area contributed by atoms with Crippen LogP contribution in [0, 0.1) is 0 Å². The summed E-state index contributed by atoms with van der Waals surface area (Å²) >= 11 is 0. The number of carbonyl (C=O) groups excluding carboxylic acids is 1. The second-order valence-corrected chi connectivity index (χ2v) is 6.69. The normalized spacial score (nSPS) is 10.5. The minimum absolute atomic E-state index is 0.0782. The lowest BCUT2D eigenvalue weighted by molar-refractivity contribution is -0.193. The standard InChI is InChI=1S/C19H17N3O.2C2HF3O2/c23-19(14-21-17-4-2-1-3-5-17)22-18-8-6-15(7-9-18)16-10-12-20-13-11-16;2*3-2(4,5)1(6)7/h1-13,21H,14H2,(H,22,23);2*(H,6,7). The maximum Gasteiger partial charge on any atom is 0.490 e. The van der Waals surface area contributed by atoms with Crippen molar-refractivity contribution in [1.82, 2.24) is 4.98 Å². The van der Waals surface area contributed by atoms with E-state index in [1.165, 1.54) is 0 Å². The molecule has 0 fully saturated rings. The van der Waals surface area contributed by atoms with Gasteiger partial charge in [-0.3, -0.25) is 9.78 Å². The van der Waals surface area contributed by atoms with E-state index in [1.54, 1.807) is 12.4 Å². The predicted molar refractivity (Wildman–Crippen MR) is 121 cm³/mol. The first-order valence-electron chi connectivity index (χ1n) is 9.89. The van der Waals surface area contributed by atoms with Crippen LogP contribution >= 0.6 is 0 Å². The van der Waals surface area contributed by atoms with E-state index in [0.717, 1.165) is 22.5 Å². The SMILES string of the molecule is O=C(CNc1ccccc1)Nc1ccc(-c2ccncc2)cc1.O=C(O)C(F)(F)F.O=C(O)C(F)(F)F. The van der Waals surface area contributed by atoms with E-state index in [4.69, 9.17) is 19.8 Å². The Morgan fingerprint density at radius 1 is 0.676 bits per heavy atom. The molecule has 0 aliphatic rings. The van der Waals surface area contributed by atoms with Gasteiger partial charge in [-0.05, 0) is 47.5 Å². The number of aliphatic carboxylic acids is 2. The molecule has 0 radical (unpaired) electrons. The number of aromatic nitrogens is 1. The van der Waals surface area contributed by atoms with Crippen molar-refractivity contribution in [2.45, 2.75) is 12.4 Å². The van der Waals surface area contributed by atoms with Crippen LogP contribution in [0.2, 0.25) is 0 Å². The van der Waals surface area contributed by atoms with Crippen molar-refractivity contribution < 1.29 is 50.9 Å². The van der Waals surface area contributed by atoms with Crippen molar-refractivity contribution >= 4 is 29.2 Å². The van der Waals surface area contributed by atoms with E-state index in [2.05, 4.69) is 15.6 Å². The van der Waals surface area contributed by atoms with Gasteiger partial charge in [-0.15, -0.1) is 0 Å². The van der Waals surface area contributed by atoms with Crippen LogP contribution in [0.15, 0.2) is 79.1 Å². The molecule has 0 saturated carbocycles. The number of pyridine rings is 1. The highest BCUT2D eigenvalue weighted by molar-refractivity contribution is 5.94. The number of nitrogens with zero attached hydrogens (tertiary/aromatic N) is 1. The maximum atomic E-state index is 12.0. The van der Waals surface area contributed by atoms with Gasteiger partial charge in [0.15, 0.2) is 0 Å². The summed E-state index contributed by atoms with van der Waals surface area (Å²) < 4.78 is 63.5. The van der Waals surface area contributed by atoms with Crippen LogP contribution in [0.25, 0.3) is 11.1 Å². The van der Waals surface area contributed by atoms with E-state index in [-0.39, 0.29) is 12.5 Å². The van der Waals surface area contributed by atoms with Crippen LogP contribution < -0.4 is 10.6 Å². The number of para-hydroxylation sites is 1. The predicted octanol–water partition coefficient (Wildman–Crippen LogP) is 5.07. The van der Waals surface area contributed by atoms with Gasteiger partial charge >= 0.3 is 24.3 Å².